The minimum absolute atomic E-state index is 0.0788. The molecule has 0 atom stereocenters. The van der Waals surface area contributed by atoms with Gasteiger partial charge in [-0.3, -0.25) is 9.67 Å². The van der Waals surface area contributed by atoms with Crippen LogP contribution < -0.4 is 19.5 Å². The molecule has 0 radical (unpaired) electrons. The highest BCUT2D eigenvalue weighted by molar-refractivity contribution is 5.92. The average Bonchev–Trinajstić information content (AvgIpc) is 3.32. The van der Waals surface area contributed by atoms with Crippen molar-refractivity contribution in [2.75, 3.05) is 25.6 Å². The number of anilines is 2. The smallest absolute Gasteiger partial charge is 0.422 e. The van der Waals surface area contributed by atoms with Crippen molar-refractivity contribution in [3.8, 4) is 28.8 Å². The highest BCUT2D eigenvalue weighted by atomic mass is 19.4. The third-order valence-corrected chi connectivity index (χ3v) is 6.01. The number of para-hydroxylation sites is 1. The van der Waals surface area contributed by atoms with E-state index in [-0.39, 0.29) is 53.3 Å². The van der Waals surface area contributed by atoms with E-state index < -0.39 is 24.4 Å². The first-order valence-electron chi connectivity index (χ1n) is 12.5. The van der Waals surface area contributed by atoms with Crippen LogP contribution in [0.25, 0.3) is 22.4 Å². The molecule has 5 aromatic rings. The van der Waals surface area contributed by atoms with Crippen LogP contribution in [0.4, 0.5) is 33.5 Å². The van der Waals surface area contributed by atoms with Gasteiger partial charge in [0.1, 0.15) is 23.1 Å². The molecule has 5 rings (SSSR count). The molecular formula is C28H23F5N6O3. The molecule has 42 heavy (non-hydrogen) atoms. The molecule has 0 bridgehead atoms. The van der Waals surface area contributed by atoms with Crippen LogP contribution in [-0.4, -0.2) is 51.2 Å². The number of nitrogens with zero attached hydrogens (tertiary/aromatic N) is 5. The Kier molecular flexibility index (Phi) is 8.04. The fourth-order valence-electron chi connectivity index (χ4n) is 4.15. The largest absolute Gasteiger partial charge is 0.494 e. The van der Waals surface area contributed by atoms with Gasteiger partial charge in [-0.1, -0.05) is 18.2 Å². The first kappa shape index (κ1) is 28.5. The topological polar surface area (TPSA) is 96.2 Å². The molecule has 0 amide bonds. The highest BCUT2D eigenvalue weighted by Gasteiger charge is 2.29. The third-order valence-electron chi connectivity index (χ3n) is 6.01. The molecule has 14 heteroatoms. The zero-order valence-corrected chi connectivity index (χ0v) is 22.2. The number of methoxy groups -OCH3 is 1. The average molecular weight is 587 g/mol. The van der Waals surface area contributed by atoms with Crippen LogP contribution in [0.2, 0.25) is 0 Å². The first-order chi connectivity index (χ1) is 20.2. The van der Waals surface area contributed by atoms with Gasteiger partial charge in [-0.05, 0) is 19.1 Å². The standard InChI is InChI=1S/C28H23F5N6O3/c1-3-41-16-10-19(29)18(20(30)11-16)14-39-22-7-5-4-6-17(22)25(38-39)27-35-13-24(40-2)26(37-27)36-21-8-9-34-12-23(21)42-15-28(31,32)33/h4-13H,3,14-15H2,1-2H3,(H,34,35,36,37). The van der Waals surface area contributed by atoms with E-state index in [0.717, 1.165) is 18.3 Å². The molecule has 3 aromatic heterocycles. The van der Waals surface area contributed by atoms with Crippen molar-refractivity contribution in [3.05, 3.63) is 78.3 Å². The summed E-state index contributed by atoms with van der Waals surface area (Å²) in [4.78, 5) is 12.7. The molecule has 0 fully saturated rings. The monoisotopic (exact) mass is 586 g/mol. The fraction of sp³-hybridized carbons (Fsp3) is 0.214. The summed E-state index contributed by atoms with van der Waals surface area (Å²) in [5.41, 5.74) is 0.798. The summed E-state index contributed by atoms with van der Waals surface area (Å²) in [5, 5.41) is 8.08. The number of aromatic nitrogens is 5. The molecule has 0 spiro atoms. The lowest BCUT2D eigenvalue weighted by atomic mass is 10.1. The van der Waals surface area contributed by atoms with Gasteiger partial charge >= 0.3 is 6.18 Å². The Bertz CT molecular complexity index is 1700. The Morgan fingerprint density at radius 3 is 2.45 bits per heavy atom. The minimum atomic E-state index is -4.55. The number of fused-ring (bicyclic) bond motifs is 1. The number of pyridine rings is 1. The number of alkyl halides is 3. The Hall–Kier alpha value is -5.01. The van der Waals surface area contributed by atoms with Crippen molar-refractivity contribution in [1.29, 1.82) is 0 Å². The highest BCUT2D eigenvalue weighted by Crippen LogP contribution is 2.34. The summed E-state index contributed by atoms with van der Waals surface area (Å²) in [7, 11) is 1.38. The molecule has 0 saturated heterocycles. The first-order valence-corrected chi connectivity index (χ1v) is 12.5. The van der Waals surface area contributed by atoms with Gasteiger partial charge in [0.15, 0.2) is 29.7 Å². The number of nitrogens with one attached hydrogen (secondary N) is 1. The summed E-state index contributed by atoms with van der Waals surface area (Å²) >= 11 is 0. The summed E-state index contributed by atoms with van der Waals surface area (Å²) < 4.78 is 84.9. The van der Waals surface area contributed by atoms with Crippen LogP contribution in [0.5, 0.6) is 17.2 Å². The van der Waals surface area contributed by atoms with Crippen molar-refractivity contribution in [1.82, 2.24) is 24.7 Å². The summed E-state index contributed by atoms with van der Waals surface area (Å²) in [6.07, 6.45) is -0.686. The summed E-state index contributed by atoms with van der Waals surface area (Å²) in [5.74, 6) is -1.25. The van der Waals surface area contributed by atoms with Gasteiger partial charge in [-0.25, -0.2) is 18.7 Å². The van der Waals surface area contributed by atoms with Crippen molar-refractivity contribution in [2.45, 2.75) is 19.6 Å². The van der Waals surface area contributed by atoms with Gasteiger partial charge < -0.3 is 19.5 Å². The van der Waals surface area contributed by atoms with Gasteiger partial charge in [0.2, 0.25) is 0 Å². The van der Waals surface area contributed by atoms with Gasteiger partial charge in [0.25, 0.3) is 0 Å². The lowest BCUT2D eigenvalue weighted by Gasteiger charge is -2.15. The molecule has 1 N–H and O–H groups in total. The van der Waals surface area contributed by atoms with E-state index in [0.29, 0.717) is 16.6 Å². The molecule has 0 unspecified atom stereocenters. The predicted octanol–water partition coefficient (Wildman–Crippen LogP) is 6.31. The Labute approximate surface area is 235 Å². The minimum Gasteiger partial charge on any atom is -0.494 e. The van der Waals surface area contributed by atoms with E-state index in [1.165, 1.54) is 30.3 Å². The zero-order chi connectivity index (χ0) is 29.9. The maximum absolute atomic E-state index is 14.9. The lowest BCUT2D eigenvalue weighted by molar-refractivity contribution is -0.153. The van der Waals surface area contributed by atoms with Gasteiger partial charge in [-0.2, -0.15) is 18.3 Å². The van der Waals surface area contributed by atoms with Crippen molar-refractivity contribution < 1.29 is 36.2 Å². The van der Waals surface area contributed by atoms with E-state index in [2.05, 4.69) is 25.4 Å². The maximum atomic E-state index is 14.9. The molecule has 2 aromatic carbocycles. The maximum Gasteiger partial charge on any atom is 0.422 e. The molecule has 0 aliphatic heterocycles. The summed E-state index contributed by atoms with van der Waals surface area (Å²) in [6, 6.07) is 10.7. The number of rotatable bonds is 10. The second-order valence-electron chi connectivity index (χ2n) is 8.83. The Morgan fingerprint density at radius 1 is 0.976 bits per heavy atom. The molecular weight excluding hydrogens is 563 g/mol. The van der Waals surface area contributed by atoms with E-state index in [1.807, 2.05) is 0 Å². The van der Waals surface area contributed by atoms with Crippen LogP contribution in [-0.2, 0) is 6.54 Å². The van der Waals surface area contributed by atoms with Crippen LogP contribution in [0.1, 0.15) is 12.5 Å². The van der Waals surface area contributed by atoms with Crippen molar-refractivity contribution in [2.24, 2.45) is 0 Å². The van der Waals surface area contributed by atoms with Crippen LogP contribution >= 0.6 is 0 Å². The number of benzene rings is 2. The molecule has 0 aliphatic rings. The van der Waals surface area contributed by atoms with Crippen molar-refractivity contribution in [3.63, 3.8) is 0 Å². The number of halogens is 5. The van der Waals surface area contributed by atoms with Crippen molar-refractivity contribution >= 4 is 22.4 Å². The predicted molar refractivity (Wildman–Crippen MR) is 143 cm³/mol. The van der Waals surface area contributed by atoms with E-state index in [9.17, 15) is 22.0 Å². The molecule has 3 heterocycles. The van der Waals surface area contributed by atoms with Crippen LogP contribution in [0, 0.1) is 11.6 Å². The molecule has 218 valence electrons. The number of ether oxygens (including phenoxy) is 3. The van der Waals surface area contributed by atoms with Gasteiger partial charge in [0.05, 0.1) is 43.9 Å². The lowest BCUT2D eigenvalue weighted by Crippen LogP contribution is -2.19. The third kappa shape index (κ3) is 6.16. The van der Waals surface area contributed by atoms with Gasteiger partial charge in [0, 0.05) is 29.3 Å². The Balaban J connectivity index is 1.52. The molecule has 9 nitrogen and oxygen atoms in total. The van der Waals surface area contributed by atoms with Crippen LogP contribution in [0.3, 0.4) is 0 Å². The zero-order valence-electron chi connectivity index (χ0n) is 22.2. The molecule has 0 saturated carbocycles. The van der Waals surface area contributed by atoms with E-state index >= 15 is 0 Å². The van der Waals surface area contributed by atoms with Gasteiger partial charge in [-0.15, -0.1) is 0 Å². The molecule has 0 aliphatic carbocycles. The number of hydrogen-bond donors (Lipinski definition) is 1. The second-order valence-corrected chi connectivity index (χ2v) is 8.83. The van der Waals surface area contributed by atoms with E-state index in [1.54, 1.807) is 31.2 Å². The van der Waals surface area contributed by atoms with E-state index in [4.69, 9.17) is 14.2 Å². The fourth-order valence-corrected chi connectivity index (χ4v) is 4.15. The SMILES string of the molecule is CCOc1cc(F)c(Cn2nc(-c3ncc(OC)c(Nc4ccncc4OCC(F)(F)F)n3)c3ccccc32)c(F)c1. The quantitative estimate of drug-likeness (QED) is 0.190. The number of hydrogen-bond acceptors (Lipinski definition) is 8. The normalized spacial score (nSPS) is 11.5. The second kappa shape index (κ2) is 11.8. The Morgan fingerprint density at radius 2 is 1.74 bits per heavy atom. The summed E-state index contributed by atoms with van der Waals surface area (Å²) in [6.45, 7) is 0.218. The van der Waals surface area contributed by atoms with Crippen LogP contribution in [0.15, 0.2) is 61.1 Å².